The molecule has 0 aromatic carbocycles. The van der Waals surface area contributed by atoms with Gasteiger partial charge in [0.1, 0.15) is 16.6 Å². The van der Waals surface area contributed by atoms with E-state index >= 15 is 0 Å². The lowest BCUT2D eigenvalue weighted by atomic mass is 10.0. The highest BCUT2D eigenvalue weighted by molar-refractivity contribution is 7.10. The predicted molar refractivity (Wildman–Crippen MR) is 63.3 cm³/mol. The van der Waals surface area contributed by atoms with Gasteiger partial charge in [0.2, 0.25) is 0 Å². The average Bonchev–Trinajstić information content (AvgIpc) is 2.68. The first-order valence-corrected chi connectivity index (χ1v) is 6.05. The minimum atomic E-state index is 0.315. The third-order valence-corrected chi connectivity index (χ3v) is 3.46. The fraction of sp³-hybridized carbons (Fsp3) is 0.600. The van der Waals surface area contributed by atoms with Gasteiger partial charge in [-0.3, -0.25) is 0 Å². The number of nitriles is 1. The summed E-state index contributed by atoms with van der Waals surface area (Å²) < 4.78 is 9.34. The fourth-order valence-electron chi connectivity index (χ4n) is 1.74. The van der Waals surface area contributed by atoms with E-state index in [1.54, 1.807) is 0 Å². The lowest BCUT2D eigenvalue weighted by molar-refractivity contribution is 0.0595. The number of ether oxygens (including phenoxy) is 1. The summed E-state index contributed by atoms with van der Waals surface area (Å²) in [6, 6.07) is 2.06. The number of hydrogen-bond donors (Lipinski definition) is 2. The lowest BCUT2D eigenvalue weighted by Crippen LogP contribution is -2.24. The normalized spacial score (nSPS) is 20.3. The van der Waals surface area contributed by atoms with Crippen LogP contribution < -0.4 is 11.1 Å². The molecule has 6 heteroatoms. The van der Waals surface area contributed by atoms with E-state index in [-0.39, 0.29) is 0 Å². The minimum absolute atomic E-state index is 0.315. The number of anilines is 2. The molecule has 1 saturated heterocycles. The van der Waals surface area contributed by atoms with Crippen molar-refractivity contribution in [1.29, 1.82) is 5.26 Å². The molecular formula is C10H14N4OS. The Hall–Kier alpha value is -1.32. The number of nitrogens with one attached hydrogen (secondary N) is 1. The van der Waals surface area contributed by atoms with Crippen LogP contribution in [0.15, 0.2) is 0 Å². The Balaban J connectivity index is 1.91. The van der Waals surface area contributed by atoms with Crippen LogP contribution in [0.5, 0.6) is 0 Å². The molecule has 16 heavy (non-hydrogen) atoms. The molecule has 86 valence electrons. The van der Waals surface area contributed by atoms with Crippen LogP contribution in [0.2, 0.25) is 0 Å². The molecule has 5 nitrogen and oxygen atoms in total. The maximum absolute atomic E-state index is 8.90. The number of rotatable bonds is 3. The van der Waals surface area contributed by atoms with Gasteiger partial charge in [0, 0.05) is 13.2 Å². The summed E-state index contributed by atoms with van der Waals surface area (Å²) in [6.07, 6.45) is 2.28. The van der Waals surface area contributed by atoms with Gasteiger partial charge >= 0.3 is 0 Å². The third kappa shape index (κ3) is 2.43. The van der Waals surface area contributed by atoms with Gasteiger partial charge < -0.3 is 15.8 Å². The lowest BCUT2D eigenvalue weighted by Gasteiger charge is -2.22. The maximum atomic E-state index is 8.90. The molecule has 1 aliphatic heterocycles. The van der Waals surface area contributed by atoms with E-state index in [4.69, 9.17) is 15.7 Å². The number of aromatic nitrogens is 1. The van der Waals surface area contributed by atoms with E-state index in [0.29, 0.717) is 17.3 Å². The second-order valence-electron chi connectivity index (χ2n) is 3.85. The summed E-state index contributed by atoms with van der Waals surface area (Å²) in [4.78, 5) is 0. The van der Waals surface area contributed by atoms with Crippen LogP contribution in [0.25, 0.3) is 0 Å². The molecule has 2 heterocycles. The van der Waals surface area contributed by atoms with Crippen molar-refractivity contribution in [1.82, 2.24) is 4.37 Å². The van der Waals surface area contributed by atoms with Crippen LogP contribution in [-0.4, -0.2) is 24.1 Å². The zero-order valence-electron chi connectivity index (χ0n) is 8.90. The Kier molecular flexibility index (Phi) is 3.59. The first kappa shape index (κ1) is 11.2. The van der Waals surface area contributed by atoms with Gasteiger partial charge in [-0.25, -0.2) is 0 Å². The molecule has 1 aromatic heterocycles. The summed E-state index contributed by atoms with van der Waals surface area (Å²) in [5.41, 5.74) is 6.03. The van der Waals surface area contributed by atoms with E-state index in [0.717, 1.165) is 31.2 Å². The minimum Gasteiger partial charge on any atom is -0.382 e. The second-order valence-corrected chi connectivity index (χ2v) is 4.62. The summed E-state index contributed by atoms with van der Waals surface area (Å²) >= 11 is 1.24. The standard InChI is InChI=1S/C10H14N4OS/c11-4-8-9(12)14-16-10(8)13-5-7-2-1-3-15-6-7/h7,13H,1-3,5-6H2,(H2,12,14). The van der Waals surface area contributed by atoms with Crippen LogP contribution in [0.3, 0.4) is 0 Å². The van der Waals surface area contributed by atoms with E-state index in [2.05, 4.69) is 15.8 Å². The molecule has 1 aliphatic rings. The van der Waals surface area contributed by atoms with E-state index in [1.165, 1.54) is 18.0 Å². The van der Waals surface area contributed by atoms with Gasteiger partial charge in [0.15, 0.2) is 5.82 Å². The van der Waals surface area contributed by atoms with Gasteiger partial charge in [-0.05, 0) is 30.3 Å². The monoisotopic (exact) mass is 238 g/mol. The van der Waals surface area contributed by atoms with Crippen molar-refractivity contribution in [3.8, 4) is 6.07 Å². The van der Waals surface area contributed by atoms with Crippen molar-refractivity contribution in [3.63, 3.8) is 0 Å². The molecule has 2 rings (SSSR count). The first-order valence-electron chi connectivity index (χ1n) is 5.28. The van der Waals surface area contributed by atoms with Crippen LogP contribution in [0.1, 0.15) is 18.4 Å². The van der Waals surface area contributed by atoms with Gasteiger partial charge in [-0.2, -0.15) is 9.64 Å². The van der Waals surface area contributed by atoms with Gasteiger partial charge in [0.25, 0.3) is 0 Å². The summed E-state index contributed by atoms with van der Waals surface area (Å²) in [7, 11) is 0. The van der Waals surface area contributed by atoms with E-state index in [1.807, 2.05) is 0 Å². The Morgan fingerprint density at radius 2 is 2.56 bits per heavy atom. The van der Waals surface area contributed by atoms with Crippen molar-refractivity contribution in [2.24, 2.45) is 5.92 Å². The van der Waals surface area contributed by atoms with E-state index in [9.17, 15) is 0 Å². The van der Waals surface area contributed by atoms with Crippen molar-refractivity contribution in [3.05, 3.63) is 5.56 Å². The quantitative estimate of drug-likeness (QED) is 0.832. The highest BCUT2D eigenvalue weighted by Crippen LogP contribution is 2.26. The highest BCUT2D eigenvalue weighted by Gasteiger charge is 2.16. The molecule has 0 saturated carbocycles. The molecule has 1 unspecified atom stereocenters. The van der Waals surface area contributed by atoms with Crippen LogP contribution in [0, 0.1) is 17.2 Å². The summed E-state index contributed by atoms with van der Waals surface area (Å²) in [6.45, 7) is 2.48. The molecule has 1 fully saturated rings. The van der Waals surface area contributed by atoms with Crippen LogP contribution >= 0.6 is 11.5 Å². The predicted octanol–water partition coefficient (Wildman–Crippen LogP) is 1.44. The van der Waals surface area contributed by atoms with Gasteiger partial charge in [0.05, 0.1) is 6.61 Å². The SMILES string of the molecule is N#Cc1c(N)nsc1NCC1CCCOC1. The molecular weight excluding hydrogens is 224 g/mol. The van der Waals surface area contributed by atoms with Crippen LogP contribution in [0.4, 0.5) is 10.8 Å². The Labute approximate surface area is 98.4 Å². The highest BCUT2D eigenvalue weighted by atomic mass is 32.1. The van der Waals surface area contributed by atoms with Gasteiger partial charge in [-0.1, -0.05) is 0 Å². The van der Waals surface area contributed by atoms with Crippen molar-refractivity contribution in [2.45, 2.75) is 12.8 Å². The van der Waals surface area contributed by atoms with Gasteiger partial charge in [-0.15, -0.1) is 0 Å². The van der Waals surface area contributed by atoms with Crippen molar-refractivity contribution >= 4 is 22.4 Å². The zero-order valence-corrected chi connectivity index (χ0v) is 9.72. The summed E-state index contributed by atoms with van der Waals surface area (Å²) in [5, 5.41) is 12.9. The first-order chi connectivity index (χ1) is 7.81. The Morgan fingerprint density at radius 3 is 3.25 bits per heavy atom. The summed E-state index contributed by atoms with van der Waals surface area (Å²) in [5.74, 6) is 0.832. The molecule has 3 N–H and O–H groups in total. The molecule has 0 amide bonds. The number of nitrogens with zero attached hydrogens (tertiary/aromatic N) is 2. The fourth-order valence-corrected chi connectivity index (χ4v) is 2.41. The zero-order chi connectivity index (χ0) is 11.4. The third-order valence-electron chi connectivity index (χ3n) is 2.64. The average molecular weight is 238 g/mol. The smallest absolute Gasteiger partial charge is 0.157 e. The number of hydrogen-bond acceptors (Lipinski definition) is 6. The molecule has 0 radical (unpaired) electrons. The molecule has 0 aliphatic carbocycles. The molecule has 1 aromatic rings. The largest absolute Gasteiger partial charge is 0.382 e. The number of nitrogen functional groups attached to an aromatic ring is 1. The molecule has 0 bridgehead atoms. The van der Waals surface area contributed by atoms with Crippen molar-refractivity contribution in [2.75, 3.05) is 30.8 Å². The molecule has 1 atom stereocenters. The maximum Gasteiger partial charge on any atom is 0.157 e. The van der Waals surface area contributed by atoms with Crippen LogP contribution in [-0.2, 0) is 4.74 Å². The van der Waals surface area contributed by atoms with Crippen molar-refractivity contribution < 1.29 is 4.74 Å². The van der Waals surface area contributed by atoms with E-state index < -0.39 is 0 Å². The Morgan fingerprint density at radius 1 is 1.69 bits per heavy atom. The second kappa shape index (κ2) is 5.14. The number of nitrogens with two attached hydrogens (primary N) is 1. The Bertz CT molecular complexity index is 392. The molecule has 0 spiro atoms. The topological polar surface area (TPSA) is 84.0 Å².